The predicted octanol–water partition coefficient (Wildman–Crippen LogP) is 2.27. The summed E-state index contributed by atoms with van der Waals surface area (Å²) in [5, 5.41) is 2.82. The quantitative estimate of drug-likeness (QED) is 0.349. The van der Waals surface area contributed by atoms with Gasteiger partial charge in [0.05, 0.1) is 13.2 Å². The average Bonchev–Trinajstić information content (AvgIpc) is 2.63. The van der Waals surface area contributed by atoms with Crippen LogP contribution in [-0.2, 0) is 19.1 Å². The molecule has 8 nitrogen and oxygen atoms in total. The Morgan fingerprint density at radius 1 is 1.12 bits per heavy atom. The van der Waals surface area contributed by atoms with Crippen molar-refractivity contribution in [3.8, 4) is 11.4 Å². The van der Waals surface area contributed by atoms with E-state index in [0.717, 1.165) is 11.1 Å². The molecular weight excluding hydrogens is 336 g/mol. The number of carbonyl (C=O) groups is 2. The molecule has 0 amide bonds. The second-order valence-electron chi connectivity index (χ2n) is 5.10. The Bertz CT molecular complexity index is 800. The maximum Gasteiger partial charge on any atom is 0.347 e. The highest BCUT2D eigenvalue weighted by molar-refractivity contribution is 6.14. The van der Waals surface area contributed by atoms with Crippen LogP contribution in [0.2, 0.25) is 0 Å². The Hall–Kier alpha value is -3.29. The lowest BCUT2D eigenvalue weighted by molar-refractivity contribution is -0.146. The summed E-state index contributed by atoms with van der Waals surface area (Å²) in [6.45, 7) is 5.51. The molecule has 0 aliphatic heterocycles. The van der Waals surface area contributed by atoms with Crippen molar-refractivity contribution in [1.82, 2.24) is 15.0 Å². The van der Waals surface area contributed by atoms with E-state index in [-0.39, 0.29) is 18.8 Å². The number of ether oxygens (including phenoxy) is 2. The van der Waals surface area contributed by atoms with E-state index < -0.39 is 11.9 Å². The lowest BCUT2D eigenvalue weighted by atomic mass is 10.1. The van der Waals surface area contributed by atoms with Crippen LogP contribution in [0.5, 0.6) is 0 Å². The van der Waals surface area contributed by atoms with E-state index in [1.807, 2.05) is 13.0 Å². The molecule has 2 heterocycles. The first-order chi connectivity index (χ1) is 12.6. The molecule has 8 heteroatoms. The maximum atomic E-state index is 11.9. The van der Waals surface area contributed by atoms with Gasteiger partial charge in [-0.3, -0.25) is 4.98 Å². The fraction of sp³-hybridized carbons (Fsp3) is 0.278. The van der Waals surface area contributed by atoms with Crippen molar-refractivity contribution in [1.29, 1.82) is 0 Å². The smallest absolute Gasteiger partial charge is 0.347 e. The Labute approximate surface area is 151 Å². The standard InChI is InChI=1S/C18H20N4O4/c1-4-25-17(23)14(18(24)26-5-2)11-21-15-7-9-20-16(22-15)13-6-8-19-10-12(13)3/h6-11H,4-5H2,1-3H3,(H,20,21,22). The van der Waals surface area contributed by atoms with Crippen molar-refractivity contribution in [3.05, 3.63) is 48.1 Å². The first-order valence-corrected chi connectivity index (χ1v) is 8.11. The number of aryl methyl sites for hydroxylation is 1. The number of aromatic nitrogens is 3. The molecule has 0 aliphatic carbocycles. The first-order valence-electron chi connectivity index (χ1n) is 8.11. The molecule has 2 aromatic rings. The summed E-state index contributed by atoms with van der Waals surface area (Å²) in [5.41, 5.74) is 1.52. The van der Waals surface area contributed by atoms with Crippen LogP contribution in [0.3, 0.4) is 0 Å². The molecule has 0 spiro atoms. The molecule has 2 aromatic heterocycles. The molecular formula is C18H20N4O4. The van der Waals surface area contributed by atoms with Crippen molar-refractivity contribution < 1.29 is 19.1 Å². The van der Waals surface area contributed by atoms with E-state index in [9.17, 15) is 9.59 Å². The minimum Gasteiger partial charge on any atom is -0.462 e. The van der Waals surface area contributed by atoms with Crippen molar-refractivity contribution in [2.75, 3.05) is 18.5 Å². The molecule has 0 aromatic carbocycles. The van der Waals surface area contributed by atoms with Gasteiger partial charge in [0.25, 0.3) is 0 Å². The van der Waals surface area contributed by atoms with Gasteiger partial charge in [0.15, 0.2) is 11.4 Å². The fourth-order valence-electron chi connectivity index (χ4n) is 2.06. The van der Waals surface area contributed by atoms with Gasteiger partial charge in [0.2, 0.25) is 0 Å². The van der Waals surface area contributed by atoms with Crippen LogP contribution in [-0.4, -0.2) is 40.1 Å². The number of esters is 2. The van der Waals surface area contributed by atoms with Gasteiger partial charge in [-0.15, -0.1) is 0 Å². The largest absolute Gasteiger partial charge is 0.462 e. The van der Waals surface area contributed by atoms with Crippen LogP contribution in [0, 0.1) is 6.92 Å². The zero-order chi connectivity index (χ0) is 18.9. The Morgan fingerprint density at radius 2 is 1.81 bits per heavy atom. The van der Waals surface area contributed by atoms with Crippen LogP contribution in [0.4, 0.5) is 5.82 Å². The van der Waals surface area contributed by atoms with Gasteiger partial charge in [-0.05, 0) is 38.5 Å². The number of nitrogens with zero attached hydrogens (tertiary/aromatic N) is 3. The molecule has 136 valence electrons. The molecule has 0 saturated carbocycles. The molecule has 26 heavy (non-hydrogen) atoms. The number of pyridine rings is 1. The van der Waals surface area contributed by atoms with E-state index in [0.29, 0.717) is 11.6 Å². The summed E-state index contributed by atoms with van der Waals surface area (Å²) in [5.74, 6) is -0.621. The number of hydrogen-bond donors (Lipinski definition) is 1. The van der Waals surface area contributed by atoms with Gasteiger partial charge in [0.1, 0.15) is 5.82 Å². The van der Waals surface area contributed by atoms with E-state index in [4.69, 9.17) is 9.47 Å². The molecule has 0 atom stereocenters. The summed E-state index contributed by atoms with van der Waals surface area (Å²) in [7, 11) is 0. The van der Waals surface area contributed by atoms with Crippen LogP contribution in [0.25, 0.3) is 11.4 Å². The number of hydrogen-bond acceptors (Lipinski definition) is 8. The number of anilines is 1. The summed E-state index contributed by atoms with van der Waals surface area (Å²) in [6.07, 6.45) is 6.18. The van der Waals surface area contributed by atoms with Crippen molar-refractivity contribution in [2.24, 2.45) is 0 Å². The molecule has 0 saturated heterocycles. The molecule has 0 aliphatic rings. The van der Waals surface area contributed by atoms with Gasteiger partial charge in [-0.1, -0.05) is 0 Å². The van der Waals surface area contributed by atoms with E-state index in [2.05, 4.69) is 20.3 Å². The predicted molar refractivity (Wildman–Crippen MR) is 95.0 cm³/mol. The third-order valence-corrected chi connectivity index (χ3v) is 3.27. The zero-order valence-electron chi connectivity index (χ0n) is 14.9. The number of rotatable bonds is 7. The second-order valence-corrected chi connectivity index (χ2v) is 5.10. The van der Waals surface area contributed by atoms with E-state index in [1.165, 1.54) is 6.20 Å². The molecule has 0 radical (unpaired) electrons. The Morgan fingerprint density at radius 3 is 2.42 bits per heavy atom. The Kier molecular flexibility index (Phi) is 6.78. The highest BCUT2D eigenvalue weighted by Crippen LogP contribution is 2.19. The van der Waals surface area contributed by atoms with Crippen molar-refractivity contribution in [2.45, 2.75) is 20.8 Å². The molecule has 0 fully saturated rings. The Balaban J connectivity index is 2.26. The van der Waals surface area contributed by atoms with Crippen molar-refractivity contribution >= 4 is 17.8 Å². The zero-order valence-corrected chi connectivity index (χ0v) is 14.9. The number of nitrogens with one attached hydrogen (secondary N) is 1. The number of carbonyl (C=O) groups excluding carboxylic acids is 2. The summed E-state index contributed by atoms with van der Waals surface area (Å²) in [6, 6.07) is 3.43. The van der Waals surface area contributed by atoms with Crippen molar-refractivity contribution in [3.63, 3.8) is 0 Å². The van der Waals surface area contributed by atoms with E-state index >= 15 is 0 Å². The summed E-state index contributed by atoms with van der Waals surface area (Å²) < 4.78 is 9.76. The maximum absolute atomic E-state index is 11.9. The minimum absolute atomic E-state index is 0.147. The normalized spacial score (nSPS) is 9.96. The van der Waals surface area contributed by atoms with E-state index in [1.54, 1.807) is 38.5 Å². The average molecular weight is 356 g/mol. The highest BCUT2D eigenvalue weighted by atomic mass is 16.6. The third-order valence-electron chi connectivity index (χ3n) is 3.27. The van der Waals surface area contributed by atoms with Crippen LogP contribution >= 0.6 is 0 Å². The molecule has 2 rings (SSSR count). The SMILES string of the molecule is CCOC(=O)C(=CNc1ccnc(-c2ccncc2C)n1)C(=O)OCC. The van der Waals surface area contributed by atoms with Crippen LogP contribution < -0.4 is 5.32 Å². The van der Waals surface area contributed by atoms with Crippen LogP contribution in [0.1, 0.15) is 19.4 Å². The molecule has 0 bridgehead atoms. The van der Waals surface area contributed by atoms with Gasteiger partial charge in [0, 0.05) is 30.4 Å². The highest BCUT2D eigenvalue weighted by Gasteiger charge is 2.21. The van der Waals surface area contributed by atoms with Gasteiger partial charge >= 0.3 is 11.9 Å². The first kappa shape index (κ1) is 19.0. The van der Waals surface area contributed by atoms with Gasteiger partial charge < -0.3 is 14.8 Å². The lowest BCUT2D eigenvalue weighted by Gasteiger charge is -2.08. The van der Waals surface area contributed by atoms with Gasteiger partial charge in [-0.2, -0.15) is 0 Å². The molecule has 1 N–H and O–H groups in total. The second kappa shape index (κ2) is 9.26. The molecule has 0 unspecified atom stereocenters. The summed E-state index contributed by atoms with van der Waals surface area (Å²) >= 11 is 0. The monoisotopic (exact) mass is 356 g/mol. The third kappa shape index (κ3) is 4.85. The van der Waals surface area contributed by atoms with Crippen LogP contribution in [0.15, 0.2) is 42.5 Å². The minimum atomic E-state index is -0.766. The topological polar surface area (TPSA) is 103 Å². The summed E-state index contributed by atoms with van der Waals surface area (Å²) in [4.78, 5) is 36.6. The van der Waals surface area contributed by atoms with Gasteiger partial charge in [-0.25, -0.2) is 19.6 Å². The lowest BCUT2D eigenvalue weighted by Crippen LogP contribution is -2.19. The fourth-order valence-corrected chi connectivity index (χ4v) is 2.06.